The van der Waals surface area contributed by atoms with Crippen molar-refractivity contribution >= 4 is 5.91 Å². The molecule has 1 N–H and O–H groups in total. The number of nitrogens with one attached hydrogen (secondary N) is 1. The minimum Gasteiger partial charge on any atom is -0.341 e. The second kappa shape index (κ2) is 6.49. The lowest BCUT2D eigenvalue weighted by Gasteiger charge is -2.49. The molecule has 2 bridgehead atoms. The van der Waals surface area contributed by atoms with Gasteiger partial charge in [-0.3, -0.25) is 9.69 Å². The average molecular weight is 363 g/mol. The molecule has 4 rings (SSSR count). The van der Waals surface area contributed by atoms with Crippen molar-refractivity contribution in [3.8, 4) is 0 Å². The number of carbonyl (C=O) groups excluding carboxylic acids is 1. The van der Waals surface area contributed by atoms with Gasteiger partial charge in [0.05, 0.1) is 5.54 Å². The summed E-state index contributed by atoms with van der Waals surface area (Å²) >= 11 is 0. The summed E-state index contributed by atoms with van der Waals surface area (Å²) in [7, 11) is 2.25. The summed E-state index contributed by atoms with van der Waals surface area (Å²) in [5, 5.41) is 3.52. The number of amides is 1. The van der Waals surface area contributed by atoms with Gasteiger partial charge in [-0.05, 0) is 70.2 Å². The molecule has 2 fully saturated rings. The Kier molecular flexibility index (Phi) is 4.38. The molecule has 1 atom stereocenters. The van der Waals surface area contributed by atoms with Crippen molar-refractivity contribution in [1.29, 1.82) is 0 Å². The van der Waals surface area contributed by atoms with Crippen molar-refractivity contribution in [2.24, 2.45) is 0 Å². The molecule has 2 aliphatic heterocycles. The predicted octanol–water partition coefficient (Wildman–Crippen LogP) is 4.58. The smallest absolute Gasteiger partial charge is 0.252 e. The van der Waals surface area contributed by atoms with Gasteiger partial charge in [0.2, 0.25) is 0 Å². The highest BCUT2D eigenvalue weighted by atomic mass is 16.1. The van der Waals surface area contributed by atoms with Crippen molar-refractivity contribution in [2.75, 3.05) is 7.05 Å². The highest BCUT2D eigenvalue weighted by molar-refractivity contribution is 5.97. The molecule has 0 radical (unpaired) electrons. The van der Waals surface area contributed by atoms with Crippen LogP contribution in [-0.2, 0) is 5.54 Å². The Bertz CT molecular complexity index is 832. The Hall–Kier alpha value is -2.13. The van der Waals surface area contributed by atoms with E-state index in [-0.39, 0.29) is 11.4 Å². The molecular weight excluding hydrogens is 332 g/mol. The number of rotatable bonds is 4. The highest BCUT2D eigenvalue weighted by Crippen LogP contribution is 2.54. The van der Waals surface area contributed by atoms with Gasteiger partial charge < -0.3 is 5.32 Å². The Balaban J connectivity index is 1.79. The largest absolute Gasteiger partial charge is 0.341 e. The minimum atomic E-state index is -0.430. The Morgan fingerprint density at radius 2 is 1.63 bits per heavy atom. The fourth-order valence-electron chi connectivity index (χ4n) is 5.71. The summed E-state index contributed by atoms with van der Waals surface area (Å²) in [4.78, 5) is 16.0. The van der Waals surface area contributed by atoms with Gasteiger partial charge in [-0.2, -0.15) is 0 Å². The zero-order valence-electron chi connectivity index (χ0n) is 16.9. The highest BCUT2D eigenvalue weighted by Gasteiger charge is 2.60. The van der Waals surface area contributed by atoms with Crippen LogP contribution in [0.1, 0.15) is 59.7 Å². The number of fused-ring (bicyclic) bond motifs is 2. The van der Waals surface area contributed by atoms with E-state index in [1.165, 1.54) is 18.4 Å². The third-order valence-corrected chi connectivity index (χ3v) is 7.36. The summed E-state index contributed by atoms with van der Waals surface area (Å²) in [5.41, 5.74) is 3.62. The molecule has 3 nitrogen and oxygen atoms in total. The van der Waals surface area contributed by atoms with E-state index in [9.17, 15) is 4.79 Å². The Labute approximate surface area is 162 Å². The van der Waals surface area contributed by atoms with Gasteiger partial charge in [0.1, 0.15) is 0 Å². The second-order valence-corrected chi connectivity index (χ2v) is 8.59. The third kappa shape index (κ3) is 2.63. The van der Waals surface area contributed by atoms with E-state index in [2.05, 4.69) is 48.5 Å². The number of likely N-dealkylation sites (N-methyl/N-ethyl adjacent to an activating group) is 1. The molecule has 2 aliphatic rings. The van der Waals surface area contributed by atoms with E-state index in [1.807, 2.05) is 38.1 Å². The fraction of sp³-hybridized carbons (Fsp3) is 0.458. The van der Waals surface area contributed by atoms with Crippen LogP contribution in [0.25, 0.3) is 0 Å². The first-order valence-corrected chi connectivity index (χ1v) is 10.1. The van der Waals surface area contributed by atoms with Gasteiger partial charge in [0.25, 0.3) is 5.91 Å². The van der Waals surface area contributed by atoms with Crippen LogP contribution in [0.5, 0.6) is 0 Å². The molecule has 2 saturated heterocycles. The van der Waals surface area contributed by atoms with Crippen LogP contribution in [0.2, 0.25) is 0 Å². The number of hydrogen-bond acceptors (Lipinski definition) is 2. The molecule has 2 aromatic rings. The molecule has 0 unspecified atom stereocenters. The first-order chi connectivity index (χ1) is 12.9. The maximum atomic E-state index is 13.5. The normalized spacial score (nSPS) is 26.7. The van der Waals surface area contributed by atoms with Crippen LogP contribution >= 0.6 is 0 Å². The first kappa shape index (κ1) is 18.2. The molecule has 0 saturated carbocycles. The van der Waals surface area contributed by atoms with Crippen LogP contribution in [0.15, 0.2) is 48.5 Å². The summed E-state index contributed by atoms with van der Waals surface area (Å²) in [6.45, 7) is 6.28. The van der Waals surface area contributed by atoms with Crippen LogP contribution < -0.4 is 5.32 Å². The molecule has 27 heavy (non-hydrogen) atoms. The number of carbonyl (C=O) groups is 1. The van der Waals surface area contributed by atoms with E-state index < -0.39 is 5.54 Å². The Morgan fingerprint density at radius 1 is 1.04 bits per heavy atom. The van der Waals surface area contributed by atoms with E-state index >= 15 is 0 Å². The van der Waals surface area contributed by atoms with Gasteiger partial charge >= 0.3 is 0 Å². The van der Waals surface area contributed by atoms with Gasteiger partial charge in [0, 0.05) is 17.1 Å². The summed E-state index contributed by atoms with van der Waals surface area (Å²) in [6, 6.07) is 17.2. The number of hydrogen-bond donors (Lipinski definition) is 1. The summed E-state index contributed by atoms with van der Waals surface area (Å²) < 4.78 is 0. The van der Waals surface area contributed by atoms with Gasteiger partial charge in [-0.25, -0.2) is 0 Å². The number of benzene rings is 2. The SMILES string of the molecule is Cc1cccc(C)c1C(=O)N[C@](C)(c1ccccc1)C12CCC(CC1)N2C. The van der Waals surface area contributed by atoms with E-state index in [4.69, 9.17) is 0 Å². The lowest BCUT2D eigenvalue weighted by molar-refractivity contribution is 0.0552. The van der Waals surface area contributed by atoms with E-state index in [0.29, 0.717) is 6.04 Å². The van der Waals surface area contributed by atoms with Crippen molar-refractivity contribution in [2.45, 2.75) is 63.6 Å². The van der Waals surface area contributed by atoms with Gasteiger partial charge in [-0.15, -0.1) is 0 Å². The Morgan fingerprint density at radius 3 is 2.15 bits per heavy atom. The zero-order chi connectivity index (χ0) is 19.2. The zero-order valence-corrected chi connectivity index (χ0v) is 16.9. The summed E-state index contributed by atoms with van der Waals surface area (Å²) in [6.07, 6.45) is 4.70. The predicted molar refractivity (Wildman–Crippen MR) is 110 cm³/mol. The lowest BCUT2D eigenvalue weighted by Crippen LogP contribution is -2.63. The average Bonchev–Trinajstić information content (AvgIpc) is 3.16. The molecule has 1 amide bonds. The number of aryl methyl sites for hydroxylation is 2. The molecule has 0 spiro atoms. The minimum absolute atomic E-state index is 0.0225. The molecule has 2 heterocycles. The van der Waals surface area contributed by atoms with Crippen LogP contribution in [0.3, 0.4) is 0 Å². The topological polar surface area (TPSA) is 32.3 Å². The van der Waals surface area contributed by atoms with Crippen molar-refractivity contribution < 1.29 is 4.79 Å². The van der Waals surface area contributed by atoms with Crippen LogP contribution in [0.4, 0.5) is 0 Å². The molecule has 3 heteroatoms. The van der Waals surface area contributed by atoms with Crippen molar-refractivity contribution in [3.05, 3.63) is 70.8 Å². The summed E-state index contributed by atoms with van der Waals surface area (Å²) in [5.74, 6) is 0.0371. The van der Waals surface area contributed by atoms with Crippen molar-refractivity contribution in [1.82, 2.24) is 10.2 Å². The molecular formula is C24H30N2O. The lowest BCUT2D eigenvalue weighted by atomic mass is 9.68. The number of nitrogens with zero attached hydrogens (tertiary/aromatic N) is 1. The standard InChI is InChI=1S/C24H30N2O/c1-17-9-8-10-18(2)21(17)22(27)25-23(3,19-11-6-5-7-12-19)24-15-13-20(14-16-24)26(24)4/h5-12,20H,13-16H2,1-4H3,(H,25,27)/t20?,23-,24?/m1/s1. The molecule has 0 aliphatic carbocycles. The van der Waals surface area contributed by atoms with Crippen LogP contribution in [0, 0.1) is 13.8 Å². The maximum absolute atomic E-state index is 13.5. The van der Waals surface area contributed by atoms with Gasteiger partial charge in [-0.1, -0.05) is 48.5 Å². The molecule has 0 aromatic heterocycles. The monoisotopic (exact) mass is 362 g/mol. The van der Waals surface area contributed by atoms with E-state index in [0.717, 1.165) is 29.5 Å². The maximum Gasteiger partial charge on any atom is 0.252 e. The first-order valence-electron chi connectivity index (χ1n) is 10.1. The molecule has 2 aromatic carbocycles. The van der Waals surface area contributed by atoms with Gasteiger partial charge in [0.15, 0.2) is 0 Å². The molecule has 142 valence electrons. The van der Waals surface area contributed by atoms with Crippen molar-refractivity contribution in [3.63, 3.8) is 0 Å². The van der Waals surface area contributed by atoms with Crippen LogP contribution in [-0.4, -0.2) is 29.4 Å². The van der Waals surface area contributed by atoms with E-state index in [1.54, 1.807) is 0 Å². The second-order valence-electron chi connectivity index (χ2n) is 8.59. The quantitative estimate of drug-likeness (QED) is 0.864. The third-order valence-electron chi connectivity index (χ3n) is 7.36. The fourth-order valence-corrected chi connectivity index (χ4v) is 5.71.